The van der Waals surface area contributed by atoms with Gasteiger partial charge in [0.1, 0.15) is 6.61 Å². The summed E-state index contributed by atoms with van der Waals surface area (Å²) in [5.41, 5.74) is 0.295. The molecule has 0 aliphatic carbocycles. The molecule has 0 spiro atoms. The topological polar surface area (TPSA) is 69.4 Å². The number of carbonyl (C=O) groups excluding carboxylic acids is 1. The van der Waals surface area contributed by atoms with Crippen molar-refractivity contribution < 1.29 is 14.5 Å². The van der Waals surface area contributed by atoms with Crippen LogP contribution in [0.4, 0.5) is 5.69 Å². The molecular formula is C9H8NO4. The van der Waals surface area contributed by atoms with E-state index in [1.54, 1.807) is 12.1 Å². The average Bonchev–Trinajstić information content (AvgIpc) is 2.15. The molecule has 0 saturated heterocycles. The molecule has 0 heterocycles. The van der Waals surface area contributed by atoms with Crippen molar-refractivity contribution in [2.75, 3.05) is 0 Å². The number of esters is 1. The highest BCUT2D eigenvalue weighted by Crippen LogP contribution is 2.18. The van der Waals surface area contributed by atoms with Crippen molar-refractivity contribution >= 4 is 11.7 Å². The number of hydrogen-bond acceptors (Lipinski definition) is 4. The lowest BCUT2D eigenvalue weighted by molar-refractivity contribution is -0.385. The second kappa shape index (κ2) is 4.36. The van der Waals surface area contributed by atoms with Crippen LogP contribution in [-0.4, -0.2) is 10.9 Å². The standard InChI is InChI=1S/C9H8NO4/c1-7(11)14-6-8-4-2-3-5-9(8)10(12)13/h2-5H,1,6H2. The Morgan fingerprint density at radius 3 is 2.71 bits per heavy atom. The number of para-hydroxylation sites is 1. The fourth-order valence-corrected chi connectivity index (χ4v) is 0.969. The quantitative estimate of drug-likeness (QED) is 0.415. The van der Waals surface area contributed by atoms with Crippen LogP contribution in [0.5, 0.6) is 0 Å². The second-order valence-electron chi connectivity index (χ2n) is 2.55. The smallest absolute Gasteiger partial charge is 0.306 e. The van der Waals surface area contributed by atoms with E-state index in [2.05, 4.69) is 11.7 Å². The average molecular weight is 194 g/mol. The number of rotatable bonds is 3. The highest BCUT2D eigenvalue weighted by Gasteiger charge is 2.12. The van der Waals surface area contributed by atoms with Crippen LogP contribution in [0.2, 0.25) is 0 Å². The lowest BCUT2D eigenvalue weighted by atomic mass is 10.2. The summed E-state index contributed by atoms with van der Waals surface area (Å²) in [6.07, 6.45) is 0. The van der Waals surface area contributed by atoms with Gasteiger partial charge in [-0.15, -0.1) is 0 Å². The lowest BCUT2D eigenvalue weighted by Crippen LogP contribution is -2.02. The fraction of sp³-hybridized carbons (Fsp3) is 0.111. The summed E-state index contributed by atoms with van der Waals surface area (Å²) < 4.78 is 4.56. The first-order valence-electron chi connectivity index (χ1n) is 3.82. The molecule has 0 aliphatic rings. The Morgan fingerprint density at radius 1 is 1.50 bits per heavy atom. The molecule has 0 aliphatic heterocycles. The van der Waals surface area contributed by atoms with Crippen molar-refractivity contribution in [2.45, 2.75) is 6.61 Å². The summed E-state index contributed by atoms with van der Waals surface area (Å²) in [6.45, 7) is 2.87. The maximum atomic E-state index is 10.5. The fourth-order valence-electron chi connectivity index (χ4n) is 0.969. The molecule has 0 N–H and O–H groups in total. The van der Waals surface area contributed by atoms with Gasteiger partial charge in [-0.3, -0.25) is 14.9 Å². The molecule has 0 atom stereocenters. The summed E-state index contributed by atoms with van der Waals surface area (Å²) in [4.78, 5) is 20.4. The van der Waals surface area contributed by atoms with E-state index in [0.29, 0.717) is 5.56 Å². The number of benzene rings is 1. The maximum absolute atomic E-state index is 10.5. The van der Waals surface area contributed by atoms with Crippen LogP contribution in [0, 0.1) is 17.0 Å². The van der Waals surface area contributed by atoms with Gasteiger partial charge in [0.15, 0.2) is 0 Å². The number of carbonyl (C=O) groups is 1. The van der Waals surface area contributed by atoms with Gasteiger partial charge in [-0.25, -0.2) is 0 Å². The van der Waals surface area contributed by atoms with E-state index in [1.165, 1.54) is 12.1 Å². The SMILES string of the molecule is [CH2]C(=O)OCc1ccccc1[N+](=O)[O-]. The van der Waals surface area contributed by atoms with Gasteiger partial charge in [-0.2, -0.15) is 0 Å². The molecule has 0 bridgehead atoms. The highest BCUT2D eigenvalue weighted by molar-refractivity contribution is 5.73. The molecule has 1 radical (unpaired) electrons. The van der Waals surface area contributed by atoms with Crippen LogP contribution in [0.3, 0.4) is 0 Å². The Kier molecular flexibility index (Phi) is 3.17. The normalized spacial score (nSPS) is 9.50. The van der Waals surface area contributed by atoms with E-state index in [4.69, 9.17) is 0 Å². The van der Waals surface area contributed by atoms with E-state index in [1.807, 2.05) is 0 Å². The molecule has 0 saturated carbocycles. The molecule has 5 nitrogen and oxygen atoms in total. The van der Waals surface area contributed by atoms with E-state index >= 15 is 0 Å². The molecule has 0 unspecified atom stereocenters. The maximum Gasteiger partial charge on any atom is 0.306 e. The van der Waals surface area contributed by atoms with Crippen LogP contribution in [0.25, 0.3) is 0 Å². The zero-order valence-corrected chi connectivity index (χ0v) is 7.30. The van der Waals surface area contributed by atoms with Crippen LogP contribution in [-0.2, 0) is 16.1 Å². The number of ether oxygens (including phenoxy) is 1. The zero-order chi connectivity index (χ0) is 10.6. The summed E-state index contributed by atoms with van der Waals surface area (Å²) >= 11 is 0. The van der Waals surface area contributed by atoms with Gasteiger partial charge in [-0.1, -0.05) is 12.1 Å². The van der Waals surface area contributed by atoms with Crippen LogP contribution >= 0.6 is 0 Å². The van der Waals surface area contributed by atoms with Crippen LogP contribution in [0.1, 0.15) is 5.56 Å². The Balaban J connectivity index is 2.84. The van der Waals surface area contributed by atoms with Gasteiger partial charge in [0, 0.05) is 6.07 Å². The van der Waals surface area contributed by atoms with Crippen LogP contribution in [0.15, 0.2) is 24.3 Å². The van der Waals surface area contributed by atoms with Crippen molar-refractivity contribution in [2.24, 2.45) is 0 Å². The molecule has 1 aromatic carbocycles. The molecule has 73 valence electrons. The number of hydrogen-bond donors (Lipinski definition) is 0. The largest absolute Gasteiger partial charge is 0.461 e. The second-order valence-corrected chi connectivity index (χ2v) is 2.55. The summed E-state index contributed by atoms with van der Waals surface area (Å²) in [7, 11) is 0. The first kappa shape index (κ1) is 10.2. The lowest BCUT2D eigenvalue weighted by Gasteiger charge is -2.02. The van der Waals surface area contributed by atoms with Gasteiger partial charge in [0.25, 0.3) is 5.69 Å². The third kappa shape index (κ3) is 2.55. The van der Waals surface area contributed by atoms with Crippen LogP contribution < -0.4 is 0 Å². The van der Waals surface area contributed by atoms with Crippen molar-refractivity contribution in [3.05, 3.63) is 46.9 Å². The van der Waals surface area contributed by atoms with Gasteiger partial charge in [0.05, 0.1) is 17.4 Å². The molecule has 5 heteroatoms. The summed E-state index contributed by atoms with van der Waals surface area (Å²) in [6, 6.07) is 6.07. The Bertz CT molecular complexity index is 362. The molecule has 0 amide bonds. The van der Waals surface area contributed by atoms with Gasteiger partial charge >= 0.3 is 5.97 Å². The van der Waals surface area contributed by atoms with E-state index in [9.17, 15) is 14.9 Å². The third-order valence-corrected chi connectivity index (χ3v) is 1.58. The number of nitro groups is 1. The molecule has 0 aromatic heterocycles. The molecule has 0 fully saturated rings. The Morgan fingerprint density at radius 2 is 2.14 bits per heavy atom. The molecule has 1 rings (SSSR count). The minimum atomic E-state index is -0.705. The van der Waals surface area contributed by atoms with Crippen molar-refractivity contribution in [3.63, 3.8) is 0 Å². The first-order valence-corrected chi connectivity index (χ1v) is 3.82. The monoisotopic (exact) mass is 194 g/mol. The third-order valence-electron chi connectivity index (χ3n) is 1.58. The van der Waals surface area contributed by atoms with Crippen molar-refractivity contribution in [3.8, 4) is 0 Å². The predicted molar refractivity (Wildman–Crippen MR) is 48.2 cm³/mol. The predicted octanol–water partition coefficient (Wildman–Crippen LogP) is 1.47. The number of nitrogens with zero attached hydrogens (tertiary/aromatic N) is 1. The molecular weight excluding hydrogens is 186 g/mol. The van der Waals surface area contributed by atoms with E-state index < -0.39 is 10.9 Å². The van der Waals surface area contributed by atoms with E-state index in [0.717, 1.165) is 0 Å². The number of nitro benzene ring substituents is 1. The summed E-state index contributed by atoms with van der Waals surface area (Å²) in [5.74, 6) is -0.705. The minimum Gasteiger partial charge on any atom is -0.461 e. The zero-order valence-electron chi connectivity index (χ0n) is 7.30. The Hall–Kier alpha value is -1.91. The van der Waals surface area contributed by atoms with Gasteiger partial charge in [0.2, 0.25) is 0 Å². The first-order chi connectivity index (χ1) is 6.61. The highest BCUT2D eigenvalue weighted by atomic mass is 16.6. The molecule has 1 aromatic rings. The van der Waals surface area contributed by atoms with Crippen molar-refractivity contribution in [1.82, 2.24) is 0 Å². The minimum absolute atomic E-state index is 0.0613. The Labute approximate surface area is 80.5 Å². The van der Waals surface area contributed by atoms with Gasteiger partial charge in [-0.05, 0) is 6.07 Å². The van der Waals surface area contributed by atoms with E-state index in [-0.39, 0.29) is 12.3 Å². The van der Waals surface area contributed by atoms with Gasteiger partial charge < -0.3 is 4.74 Å². The van der Waals surface area contributed by atoms with Crippen molar-refractivity contribution in [1.29, 1.82) is 0 Å². The molecule has 14 heavy (non-hydrogen) atoms. The summed E-state index contributed by atoms with van der Waals surface area (Å²) in [5, 5.41) is 10.5.